The van der Waals surface area contributed by atoms with Crippen LogP contribution < -0.4 is 15.5 Å². The Kier molecular flexibility index (Phi) is 6.96. The number of hydrogen-bond acceptors (Lipinski definition) is 5. The summed E-state index contributed by atoms with van der Waals surface area (Å²) in [4.78, 5) is 28.1. The van der Waals surface area contributed by atoms with E-state index < -0.39 is 5.91 Å². The first-order chi connectivity index (χ1) is 15.9. The number of nitrogens with zero attached hydrogens (tertiary/aromatic N) is 2. The third-order valence-corrected chi connectivity index (χ3v) is 5.86. The zero-order valence-corrected chi connectivity index (χ0v) is 19.6. The molecule has 1 saturated heterocycles. The summed E-state index contributed by atoms with van der Waals surface area (Å²) in [6.45, 7) is 4.63. The second-order valence-corrected chi connectivity index (χ2v) is 8.46. The van der Waals surface area contributed by atoms with Crippen molar-refractivity contribution in [2.24, 2.45) is 0 Å². The van der Waals surface area contributed by atoms with Gasteiger partial charge >= 0.3 is 0 Å². The maximum absolute atomic E-state index is 12.5. The van der Waals surface area contributed by atoms with Gasteiger partial charge in [0.25, 0.3) is 5.91 Å². The summed E-state index contributed by atoms with van der Waals surface area (Å²) in [5.74, 6) is 0.396. The molecular formula is C24H23ClN4O3S. The number of benzene rings is 2. The number of amides is 2. The molecule has 1 aliphatic rings. The highest BCUT2D eigenvalue weighted by atomic mass is 35.5. The van der Waals surface area contributed by atoms with Crippen molar-refractivity contribution in [3.8, 4) is 11.3 Å². The number of hydrogen-bond donors (Lipinski definition) is 2. The Labute approximate surface area is 202 Å². The summed E-state index contributed by atoms with van der Waals surface area (Å²) < 4.78 is 5.66. The van der Waals surface area contributed by atoms with E-state index in [0.29, 0.717) is 10.8 Å². The molecule has 33 heavy (non-hydrogen) atoms. The van der Waals surface area contributed by atoms with Gasteiger partial charge in [-0.25, -0.2) is 0 Å². The van der Waals surface area contributed by atoms with Gasteiger partial charge in [-0.15, -0.1) is 0 Å². The first kappa shape index (κ1) is 22.8. The normalized spacial score (nSPS) is 13.5. The van der Waals surface area contributed by atoms with Crippen molar-refractivity contribution < 1.29 is 14.0 Å². The molecule has 0 bridgehead atoms. The Morgan fingerprint density at radius 1 is 0.939 bits per heavy atom. The third kappa shape index (κ3) is 5.71. The van der Waals surface area contributed by atoms with Gasteiger partial charge in [0.2, 0.25) is 5.91 Å². The maximum Gasteiger partial charge on any atom is 0.293 e. The zero-order chi connectivity index (χ0) is 23.4. The van der Waals surface area contributed by atoms with Crippen molar-refractivity contribution in [1.29, 1.82) is 0 Å². The lowest BCUT2D eigenvalue weighted by Gasteiger charge is -2.35. The lowest BCUT2D eigenvalue weighted by atomic mass is 10.2. The molecular weight excluding hydrogens is 460 g/mol. The Hall–Kier alpha value is -3.36. The molecule has 0 spiro atoms. The van der Waals surface area contributed by atoms with Crippen LogP contribution in [0.4, 0.5) is 11.4 Å². The van der Waals surface area contributed by atoms with E-state index in [1.807, 2.05) is 41.3 Å². The lowest BCUT2D eigenvalue weighted by Crippen LogP contribution is -2.48. The van der Waals surface area contributed by atoms with E-state index in [-0.39, 0.29) is 16.8 Å². The molecule has 0 atom stereocenters. The average Bonchev–Trinajstić information content (AvgIpc) is 3.30. The molecule has 1 fully saturated rings. The largest absolute Gasteiger partial charge is 0.451 e. The Morgan fingerprint density at radius 2 is 1.61 bits per heavy atom. The van der Waals surface area contributed by atoms with Crippen LogP contribution in [-0.2, 0) is 4.79 Å². The molecule has 170 valence electrons. The Balaban J connectivity index is 1.30. The highest BCUT2D eigenvalue weighted by Crippen LogP contribution is 2.24. The molecule has 0 aliphatic carbocycles. The van der Waals surface area contributed by atoms with Crippen LogP contribution in [-0.4, -0.2) is 48.0 Å². The fourth-order valence-electron chi connectivity index (χ4n) is 3.59. The van der Waals surface area contributed by atoms with Crippen LogP contribution in [0.2, 0.25) is 5.02 Å². The predicted octanol–water partition coefficient (Wildman–Crippen LogP) is 4.40. The van der Waals surface area contributed by atoms with E-state index in [0.717, 1.165) is 43.1 Å². The summed E-state index contributed by atoms with van der Waals surface area (Å²) in [6.07, 6.45) is 0. The van der Waals surface area contributed by atoms with Crippen LogP contribution in [0.5, 0.6) is 0 Å². The highest BCUT2D eigenvalue weighted by molar-refractivity contribution is 7.80. The zero-order valence-electron chi connectivity index (χ0n) is 18.0. The van der Waals surface area contributed by atoms with Crippen LogP contribution >= 0.6 is 23.8 Å². The summed E-state index contributed by atoms with van der Waals surface area (Å²) in [5.41, 5.74) is 2.65. The van der Waals surface area contributed by atoms with Crippen molar-refractivity contribution in [3.05, 3.63) is 71.4 Å². The number of halogens is 1. The summed E-state index contributed by atoms with van der Waals surface area (Å²) in [6, 6.07) is 18.3. The number of thiocarbonyl (C=S) groups is 1. The molecule has 7 nitrogen and oxygen atoms in total. The van der Waals surface area contributed by atoms with Gasteiger partial charge in [0.05, 0.1) is 0 Å². The van der Waals surface area contributed by atoms with Crippen molar-refractivity contribution in [1.82, 2.24) is 10.2 Å². The van der Waals surface area contributed by atoms with E-state index in [2.05, 4.69) is 15.5 Å². The quantitative estimate of drug-likeness (QED) is 0.537. The van der Waals surface area contributed by atoms with Gasteiger partial charge in [-0.3, -0.25) is 14.9 Å². The van der Waals surface area contributed by atoms with E-state index in [1.165, 1.54) is 0 Å². The Bertz CT molecular complexity index is 1150. The number of anilines is 2. The molecule has 2 aromatic carbocycles. The lowest BCUT2D eigenvalue weighted by molar-refractivity contribution is -0.129. The van der Waals surface area contributed by atoms with Crippen LogP contribution in [0.25, 0.3) is 11.3 Å². The molecule has 1 aromatic heterocycles. The maximum atomic E-state index is 12.5. The van der Waals surface area contributed by atoms with Crippen molar-refractivity contribution in [2.75, 3.05) is 36.4 Å². The second-order valence-electron chi connectivity index (χ2n) is 7.62. The van der Waals surface area contributed by atoms with Gasteiger partial charge in [-0.1, -0.05) is 11.6 Å². The molecule has 0 saturated carbocycles. The standard InChI is InChI=1S/C24H23ClN4O3S/c1-16(30)28-12-14-29(15-13-28)20-8-6-19(7-9-20)26-24(33)27-23(31)22-11-10-21(32-22)17-2-4-18(25)5-3-17/h2-11H,12-15H2,1H3,(H2,26,27,31,33). The van der Waals surface area contributed by atoms with Crippen LogP contribution in [0, 0.1) is 0 Å². The van der Waals surface area contributed by atoms with Crippen LogP contribution in [0.1, 0.15) is 17.5 Å². The molecule has 0 unspecified atom stereocenters. The van der Waals surface area contributed by atoms with Crippen molar-refractivity contribution in [2.45, 2.75) is 6.92 Å². The van der Waals surface area contributed by atoms with Crippen molar-refractivity contribution >= 4 is 52.1 Å². The van der Waals surface area contributed by atoms with Crippen LogP contribution in [0.3, 0.4) is 0 Å². The first-order valence-corrected chi connectivity index (χ1v) is 11.3. The molecule has 2 amide bonds. The highest BCUT2D eigenvalue weighted by Gasteiger charge is 2.19. The average molecular weight is 483 g/mol. The van der Waals surface area contributed by atoms with E-state index >= 15 is 0 Å². The fraction of sp³-hybridized carbons (Fsp3) is 0.208. The SMILES string of the molecule is CC(=O)N1CCN(c2ccc(NC(=S)NC(=O)c3ccc(-c4ccc(Cl)cc4)o3)cc2)CC1. The minimum Gasteiger partial charge on any atom is -0.451 e. The first-order valence-electron chi connectivity index (χ1n) is 10.5. The molecule has 1 aliphatic heterocycles. The van der Waals surface area contributed by atoms with Crippen LogP contribution in [0.15, 0.2) is 65.1 Å². The Morgan fingerprint density at radius 3 is 2.24 bits per heavy atom. The molecule has 9 heteroatoms. The summed E-state index contributed by atoms with van der Waals surface area (Å²) in [5, 5.41) is 6.44. The molecule has 2 heterocycles. The second kappa shape index (κ2) is 10.1. The monoisotopic (exact) mass is 482 g/mol. The van der Waals surface area contributed by atoms with Gasteiger partial charge in [-0.2, -0.15) is 0 Å². The van der Waals surface area contributed by atoms with Gasteiger partial charge in [0, 0.05) is 55.1 Å². The number of rotatable bonds is 4. The van der Waals surface area contributed by atoms with E-state index in [9.17, 15) is 9.59 Å². The predicted molar refractivity (Wildman–Crippen MR) is 134 cm³/mol. The summed E-state index contributed by atoms with van der Waals surface area (Å²) >= 11 is 11.2. The van der Waals surface area contributed by atoms with E-state index in [4.69, 9.17) is 28.2 Å². The molecule has 2 N–H and O–H groups in total. The van der Waals surface area contributed by atoms with E-state index in [1.54, 1.807) is 31.2 Å². The van der Waals surface area contributed by atoms with Gasteiger partial charge < -0.3 is 19.5 Å². The van der Waals surface area contributed by atoms with Gasteiger partial charge in [0.1, 0.15) is 5.76 Å². The number of furan rings is 1. The molecule has 0 radical (unpaired) electrons. The third-order valence-electron chi connectivity index (χ3n) is 5.40. The molecule has 3 aromatic rings. The number of nitrogens with one attached hydrogen (secondary N) is 2. The van der Waals surface area contributed by atoms with Crippen molar-refractivity contribution in [3.63, 3.8) is 0 Å². The fourth-order valence-corrected chi connectivity index (χ4v) is 3.93. The topological polar surface area (TPSA) is 77.8 Å². The minimum absolute atomic E-state index is 0.112. The van der Waals surface area contributed by atoms with Gasteiger partial charge in [-0.05, 0) is 72.9 Å². The summed E-state index contributed by atoms with van der Waals surface area (Å²) in [7, 11) is 0. The number of piperazine rings is 1. The smallest absolute Gasteiger partial charge is 0.293 e. The number of carbonyl (C=O) groups excluding carboxylic acids is 2. The molecule has 4 rings (SSSR count). The van der Waals surface area contributed by atoms with Gasteiger partial charge in [0.15, 0.2) is 10.9 Å². The number of carbonyl (C=O) groups is 2. The minimum atomic E-state index is -0.437.